The Morgan fingerprint density at radius 2 is 2.04 bits per heavy atom. The number of anilines is 1. The molecule has 1 aromatic carbocycles. The van der Waals surface area contributed by atoms with Gasteiger partial charge in [-0.1, -0.05) is 33.6 Å². The average molecular weight is 450 g/mol. The van der Waals surface area contributed by atoms with Crippen molar-refractivity contribution in [1.29, 1.82) is 0 Å². The molecule has 1 amide bonds. The number of sulfonamides is 1. The molecule has 0 unspecified atom stereocenters. The highest BCUT2D eigenvalue weighted by Gasteiger charge is 2.36. The summed E-state index contributed by atoms with van der Waals surface area (Å²) in [5.41, 5.74) is 2.99. The summed E-state index contributed by atoms with van der Waals surface area (Å²) < 4.78 is 32.1. The van der Waals surface area contributed by atoms with Crippen LogP contribution in [0.4, 0.5) is 10.5 Å². The standard InChI is InChI=1S/C16H18BrClN2O4S/c17-13-2-3-15-12(10-13)11-24-16(21)20(15)14-4-7-19(8-5-14)25(22,23)9-1-6-18/h1-3,6,10,14H,4-5,7-9,11H2/b6-1+. The number of piperidine rings is 1. The summed E-state index contributed by atoms with van der Waals surface area (Å²) in [5.74, 6) is -0.107. The van der Waals surface area contributed by atoms with E-state index in [4.69, 9.17) is 16.3 Å². The van der Waals surface area contributed by atoms with Crippen molar-refractivity contribution in [1.82, 2.24) is 4.31 Å². The molecular formula is C16H18BrClN2O4S. The number of nitrogens with zero attached hydrogens (tertiary/aromatic N) is 2. The van der Waals surface area contributed by atoms with Gasteiger partial charge in [0.25, 0.3) is 0 Å². The molecule has 6 nitrogen and oxygen atoms in total. The second-order valence-corrected chi connectivity index (χ2v) is 9.15. The minimum Gasteiger partial charge on any atom is -0.444 e. The molecule has 1 aromatic rings. The zero-order valence-corrected chi connectivity index (χ0v) is 16.6. The number of rotatable bonds is 4. The van der Waals surface area contributed by atoms with Gasteiger partial charge in [-0.2, -0.15) is 0 Å². The number of benzene rings is 1. The molecule has 136 valence electrons. The minimum atomic E-state index is -3.36. The monoisotopic (exact) mass is 448 g/mol. The summed E-state index contributed by atoms with van der Waals surface area (Å²) in [6.45, 7) is 1.000. The van der Waals surface area contributed by atoms with Crippen LogP contribution < -0.4 is 4.90 Å². The summed E-state index contributed by atoms with van der Waals surface area (Å²) in [6, 6.07) is 5.64. The van der Waals surface area contributed by atoms with Gasteiger partial charge in [-0.3, -0.25) is 4.90 Å². The average Bonchev–Trinajstić information content (AvgIpc) is 2.60. The Morgan fingerprint density at radius 3 is 2.72 bits per heavy atom. The van der Waals surface area contributed by atoms with E-state index < -0.39 is 10.0 Å². The van der Waals surface area contributed by atoms with E-state index in [1.807, 2.05) is 18.2 Å². The molecule has 25 heavy (non-hydrogen) atoms. The first-order valence-corrected chi connectivity index (χ1v) is 10.7. The van der Waals surface area contributed by atoms with Crippen LogP contribution in [0.5, 0.6) is 0 Å². The van der Waals surface area contributed by atoms with Crippen molar-refractivity contribution in [2.24, 2.45) is 0 Å². The van der Waals surface area contributed by atoms with Crippen LogP contribution in [-0.2, 0) is 21.4 Å². The predicted octanol–water partition coefficient (Wildman–Crippen LogP) is 3.45. The van der Waals surface area contributed by atoms with Gasteiger partial charge in [0.1, 0.15) is 6.61 Å². The SMILES string of the molecule is O=C1OCc2cc(Br)ccc2N1C1CCN(S(=O)(=O)C/C=C/Cl)CC1. The maximum atomic E-state index is 12.3. The Labute approximate surface area is 160 Å². The van der Waals surface area contributed by atoms with E-state index in [0.717, 1.165) is 15.7 Å². The quantitative estimate of drug-likeness (QED) is 0.706. The van der Waals surface area contributed by atoms with Crippen molar-refractivity contribution in [3.63, 3.8) is 0 Å². The maximum Gasteiger partial charge on any atom is 0.414 e. The summed E-state index contributed by atoms with van der Waals surface area (Å²) in [4.78, 5) is 14.0. The Hall–Kier alpha value is -1.09. The molecule has 1 saturated heterocycles. The lowest BCUT2D eigenvalue weighted by Gasteiger charge is -2.39. The highest BCUT2D eigenvalue weighted by molar-refractivity contribution is 9.10. The minimum absolute atomic E-state index is 0.0808. The first-order chi connectivity index (χ1) is 11.9. The summed E-state index contributed by atoms with van der Waals surface area (Å²) in [6.07, 6.45) is 2.17. The number of ether oxygens (including phenoxy) is 1. The van der Waals surface area contributed by atoms with E-state index in [1.54, 1.807) is 4.90 Å². The normalized spacial score (nSPS) is 19.9. The van der Waals surface area contributed by atoms with Gasteiger partial charge >= 0.3 is 6.09 Å². The maximum absolute atomic E-state index is 12.3. The number of hydrogen-bond donors (Lipinski definition) is 0. The van der Waals surface area contributed by atoms with Crippen molar-refractivity contribution in [2.45, 2.75) is 25.5 Å². The third-order valence-corrected chi connectivity index (χ3v) is 6.86. The van der Waals surface area contributed by atoms with E-state index in [2.05, 4.69) is 15.9 Å². The smallest absolute Gasteiger partial charge is 0.414 e. The first kappa shape index (κ1) is 18.7. The molecule has 3 rings (SSSR count). The molecule has 9 heteroatoms. The lowest BCUT2D eigenvalue weighted by atomic mass is 10.0. The van der Waals surface area contributed by atoms with Gasteiger partial charge in [0.15, 0.2) is 0 Å². The zero-order valence-electron chi connectivity index (χ0n) is 13.4. The van der Waals surface area contributed by atoms with Gasteiger partial charge in [-0.25, -0.2) is 17.5 Å². The van der Waals surface area contributed by atoms with Crippen LogP contribution in [0.3, 0.4) is 0 Å². The van der Waals surface area contributed by atoms with Crippen LogP contribution in [-0.4, -0.2) is 43.7 Å². The number of amides is 1. The number of cyclic esters (lactones) is 1. The summed E-state index contributed by atoms with van der Waals surface area (Å²) >= 11 is 8.85. The van der Waals surface area contributed by atoms with Gasteiger partial charge in [-0.05, 0) is 31.0 Å². The second kappa shape index (κ2) is 7.65. The zero-order chi connectivity index (χ0) is 18.0. The van der Waals surface area contributed by atoms with Crippen molar-refractivity contribution in [2.75, 3.05) is 23.7 Å². The van der Waals surface area contributed by atoms with E-state index >= 15 is 0 Å². The van der Waals surface area contributed by atoms with Crippen molar-refractivity contribution >= 4 is 49.3 Å². The molecule has 0 bridgehead atoms. The van der Waals surface area contributed by atoms with Crippen molar-refractivity contribution < 1.29 is 17.9 Å². The molecule has 2 aliphatic heterocycles. The molecule has 0 radical (unpaired) electrons. The molecule has 0 aliphatic carbocycles. The Bertz CT molecular complexity index is 791. The lowest BCUT2D eigenvalue weighted by molar-refractivity contribution is 0.136. The van der Waals surface area contributed by atoms with Crippen LogP contribution in [0.1, 0.15) is 18.4 Å². The van der Waals surface area contributed by atoms with Crippen LogP contribution in [0.2, 0.25) is 0 Å². The van der Waals surface area contributed by atoms with Gasteiger partial charge in [0, 0.05) is 34.7 Å². The largest absolute Gasteiger partial charge is 0.444 e. The van der Waals surface area contributed by atoms with E-state index in [1.165, 1.54) is 15.9 Å². The fourth-order valence-corrected chi connectivity index (χ4v) is 5.12. The van der Waals surface area contributed by atoms with Crippen LogP contribution in [0, 0.1) is 0 Å². The highest BCUT2D eigenvalue weighted by Crippen LogP contribution is 2.34. The molecule has 2 heterocycles. The Morgan fingerprint density at radius 1 is 1.32 bits per heavy atom. The third kappa shape index (κ3) is 4.02. The molecule has 0 saturated carbocycles. The second-order valence-electron chi connectivity index (χ2n) is 5.97. The predicted molar refractivity (Wildman–Crippen MR) is 100 cm³/mol. The number of halogens is 2. The summed E-state index contributed by atoms with van der Waals surface area (Å²) in [5, 5.41) is 0. The first-order valence-electron chi connectivity index (χ1n) is 7.90. The molecule has 2 aliphatic rings. The number of hydrogen-bond acceptors (Lipinski definition) is 4. The van der Waals surface area contributed by atoms with Crippen LogP contribution in [0.15, 0.2) is 34.3 Å². The van der Waals surface area contributed by atoms with Crippen LogP contribution >= 0.6 is 27.5 Å². The van der Waals surface area contributed by atoms with Crippen molar-refractivity contribution in [3.05, 3.63) is 39.8 Å². The molecule has 0 aromatic heterocycles. The van der Waals surface area contributed by atoms with Gasteiger partial charge in [0.05, 0.1) is 11.4 Å². The molecule has 0 spiro atoms. The van der Waals surface area contributed by atoms with Gasteiger partial charge in [0.2, 0.25) is 10.0 Å². The number of carbonyl (C=O) groups excluding carboxylic acids is 1. The molecule has 0 N–H and O–H groups in total. The molecule has 0 atom stereocenters. The number of fused-ring (bicyclic) bond motifs is 1. The van der Waals surface area contributed by atoms with E-state index in [0.29, 0.717) is 25.9 Å². The van der Waals surface area contributed by atoms with Gasteiger partial charge in [-0.15, -0.1) is 0 Å². The lowest BCUT2D eigenvalue weighted by Crippen LogP contribution is -2.50. The fraction of sp³-hybridized carbons (Fsp3) is 0.438. The third-order valence-electron chi connectivity index (χ3n) is 4.43. The Kier molecular flexibility index (Phi) is 5.72. The molecule has 1 fully saturated rings. The molecular weight excluding hydrogens is 432 g/mol. The van der Waals surface area contributed by atoms with Crippen LogP contribution in [0.25, 0.3) is 0 Å². The van der Waals surface area contributed by atoms with Gasteiger partial charge < -0.3 is 4.74 Å². The Balaban J connectivity index is 1.74. The van der Waals surface area contributed by atoms with E-state index in [-0.39, 0.29) is 24.5 Å². The summed E-state index contributed by atoms with van der Waals surface area (Å²) in [7, 11) is -3.36. The van der Waals surface area contributed by atoms with E-state index in [9.17, 15) is 13.2 Å². The number of carbonyl (C=O) groups is 1. The fourth-order valence-electron chi connectivity index (χ4n) is 3.20. The highest BCUT2D eigenvalue weighted by atomic mass is 79.9. The van der Waals surface area contributed by atoms with Crippen molar-refractivity contribution in [3.8, 4) is 0 Å². The topological polar surface area (TPSA) is 66.9 Å².